The number of H-pyrrole nitrogens is 1. The third-order valence-electron chi connectivity index (χ3n) is 7.40. The number of rotatable bonds is 5. The van der Waals surface area contributed by atoms with E-state index in [4.69, 9.17) is 11.0 Å². The molecule has 2 fully saturated rings. The fraction of sp³-hybridized carbons (Fsp3) is 0.259. The molecular weight excluding hydrogens is 466 g/mol. The fourth-order valence-electron chi connectivity index (χ4n) is 5.85. The Morgan fingerprint density at radius 1 is 0.973 bits per heavy atom. The lowest BCUT2D eigenvalue weighted by atomic mass is 9.94. The Bertz CT molecular complexity index is 1550. The summed E-state index contributed by atoms with van der Waals surface area (Å²) >= 11 is 0. The minimum absolute atomic E-state index is 0.0196. The lowest BCUT2D eigenvalue weighted by Crippen LogP contribution is -2.50. The maximum absolute atomic E-state index is 12.6. The van der Waals surface area contributed by atoms with Gasteiger partial charge in [-0.2, -0.15) is 10.5 Å². The number of nitrogens with two attached hydrogens (primary N) is 1. The summed E-state index contributed by atoms with van der Waals surface area (Å²) in [5.41, 5.74) is 8.48. The Kier molecular flexibility index (Phi) is 5.42. The number of pyridine rings is 3. The fourth-order valence-corrected chi connectivity index (χ4v) is 5.85. The molecule has 4 aromatic rings. The number of hydrogen-bond acceptors (Lipinski definition) is 8. The second-order valence-corrected chi connectivity index (χ2v) is 9.45. The minimum atomic E-state index is -0.563. The van der Waals surface area contributed by atoms with Gasteiger partial charge >= 0.3 is 0 Å². The van der Waals surface area contributed by atoms with E-state index in [1.165, 1.54) is 6.20 Å². The lowest BCUT2D eigenvalue weighted by Gasteiger charge is -2.44. The molecule has 0 radical (unpaired) electrons. The van der Waals surface area contributed by atoms with Crippen molar-refractivity contribution >= 4 is 34.3 Å². The second-order valence-electron chi connectivity index (χ2n) is 9.45. The molecule has 0 unspecified atom stereocenters. The van der Waals surface area contributed by atoms with Crippen LogP contribution < -0.4 is 15.5 Å². The number of nitriles is 2. The summed E-state index contributed by atoms with van der Waals surface area (Å²) in [5.74, 6) is 0.957. The molecule has 6 heterocycles. The quantitative estimate of drug-likeness (QED) is 0.432. The molecule has 1 amide bonds. The topological polar surface area (TPSA) is 152 Å². The van der Waals surface area contributed by atoms with Crippen molar-refractivity contribution in [2.75, 3.05) is 9.80 Å². The van der Waals surface area contributed by atoms with Gasteiger partial charge in [0, 0.05) is 48.3 Å². The van der Waals surface area contributed by atoms with Crippen LogP contribution >= 0.6 is 0 Å². The summed E-state index contributed by atoms with van der Waals surface area (Å²) in [6, 6.07) is 13.9. The molecule has 10 heteroatoms. The van der Waals surface area contributed by atoms with Gasteiger partial charge in [-0.05, 0) is 56.0 Å². The standard InChI is InChI=1S/C27H23N9O/c28-11-16-1-5-23(32-13-16)35-18-3-4-19(35)10-20(9-18)36(24-6-2-17(12-29)14-33-24)25-21-7-8-31-27(21)34-15-22(25)26(30)37/h1-2,5-8,13-15,18-20H,3-4,9-10H2,(H2,30,37)(H,31,34)/t18-,19+,20+. The highest BCUT2D eigenvalue weighted by Gasteiger charge is 2.44. The normalized spacial score (nSPS) is 20.4. The third kappa shape index (κ3) is 3.80. The van der Waals surface area contributed by atoms with E-state index >= 15 is 0 Å². The number of aromatic amines is 1. The number of nitrogens with one attached hydrogen (secondary N) is 1. The van der Waals surface area contributed by atoms with Gasteiger partial charge in [0.1, 0.15) is 29.4 Å². The minimum Gasteiger partial charge on any atom is -0.365 e. The van der Waals surface area contributed by atoms with Gasteiger partial charge in [-0.1, -0.05) is 0 Å². The summed E-state index contributed by atoms with van der Waals surface area (Å²) in [6.45, 7) is 0. The van der Waals surface area contributed by atoms with Crippen molar-refractivity contribution in [3.8, 4) is 12.1 Å². The number of nitrogens with zero attached hydrogens (tertiary/aromatic N) is 7. The number of anilines is 3. The number of amides is 1. The molecule has 2 bridgehead atoms. The predicted molar refractivity (Wildman–Crippen MR) is 137 cm³/mol. The van der Waals surface area contributed by atoms with E-state index in [0.717, 1.165) is 36.9 Å². The summed E-state index contributed by atoms with van der Waals surface area (Å²) in [4.78, 5) is 33.8. The Morgan fingerprint density at radius 2 is 1.68 bits per heavy atom. The zero-order valence-electron chi connectivity index (χ0n) is 19.9. The molecule has 3 N–H and O–H groups in total. The van der Waals surface area contributed by atoms with Crippen LogP contribution in [-0.2, 0) is 0 Å². The molecule has 10 nitrogen and oxygen atoms in total. The van der Waals surface area contributed by atoms with E-state index in [1.807, 2.05) is 18.2 Å². The summed E-state index contributed by atoms with van der Waals surface area (Å²) in [6.07, 6.45) is 10.1. The SMILES string of the molecule is N#Cc1ccc(N(c2c(C(N)=O)cnc3[nH]ccc23)[C@H]2C[C@H]3CC[C@@H](C2)N3c2ccc(C#N)cn2)nc1. The number of carbonyl (C=O) groups excluding carboxylic acids is 1. The van der Waals surface area contributed by atoms with Gasteiger partial charge in [0.15, 0.2) is 0 Å². The Balaban J connectivity index is 1.44. The number of aromatic nitrogens is 4. The van der Waals surface area contributed by atoms with Gasteiger partial charge in [-0.25, -0.2) is 15.0 Å². The maximum atomic E-state index is 12.6. The molecule has 6 rings (SSSR count). The first-order valence-electron chi connectivity index (χ1n) is 12.1. The number of piperidine rings is 1. The van der Waals surface area contributed by atoms with Crippen molar-refractivity contribution in [1.82, 2.24) is 19.9 Å². The largest absolute Gasteiger partial charge is 0.365 e. The molecule has 2 aliphatic heterocycles. The van der Waals surface area contributed by atoms with Gasteiger partial charge in [-0.3, -0.25) is 4.79 Å². The maximum Gasteiger partial charge on any atom is 0.252 e. The second kappa shape index (κ2) is 8.92. The molecule has 182 valence electrons. The molecule has 2 saturated heterocycles. The first-order chi connectivity index (χ1) is 18.1. The van der Waals surface area contributed by atoms with E-state index in [1.54, 1.807) is 30.7 Å². The van der Waals surface area contributed by atoms with Gasteiger partial charge in [0.25, 0.3) is 5.91 Å². The molecule has 37 heavy (non-hydrogen) atoms. The van der Waals surface area contributed by atoms with Crippen molar-refractivity contribution in [2.45, 2.75) is 43.8 Å². The van der Waals surface area contributed by atoms with Gasteiger partial charge < -0.3 is 20.5 Å². The van der Waals surface area contributed by atoms with Crippen LogP contribution in [0.5, 0.6) is 0 Å². The van der Waals surface area contributed by atoms with E-state index in [2.05, 4.69) is 41.9 Å². The number of primary amides is 1. The van der Waals surface area contributed by atoms with Crippen molar-refractivity contribution < 1.29 is 4.79 Å². The predicted octanol–water partition coefficient (Wildman–Crippen LogP) is 3.53. The van der Waals surface area contributed by atoms with Gasteiger partial charge in [0.2, 0.25) is 0 Å². The highest BCUT2D eigenvalue weighted by atomic mass is 16.1. The number of fused-ring (bicyclic) bond motifs is 3. The first kappa shape index (κ1) is 22.5. The lowest BCUT2D eigenvalue weighted by molar-refractivity contribution is 0.100. The van der Waals surface area contributed by atoms with E-state index in [-0.39, 0.29) is 18.1 Å². The molecule has 0 spiro atoms. The van der Waals surface area contributed by atoms with Crippen LogP contribution in [0.15, 0.2) is 55.1 Å². The zero-order valence-corrected chi connectivity index (χ0v) is 19.9. The molecule has 4 aromatic heterocycles. The van der Waals surface area contributed by atoms with Gasteiger partial charge in [0.05, 0.1) is 22.4 Å². The van der Waals surface area contributed by atoms with Crippen LogP contribution in [-0.4, -0.2) is 44.0 Å². The molecule has 3 atom stereocenters. The smallest absolute Gasteiger partial charge is 0.252 e. The Hall–Kier alpha value is -4.96. The first-order valence-corrected chi connectivity index (χ1v) is 12.1. The molecular formula is C27H23N9O. The number of hydrogen-bond donors (Lipinski definition) is 2. The monoisotopic (exact) mass is 489 g/mol. The van der Waals surface area contributed by atoms with E-state index < -0.39 is 5.91 Å². The number of carbonyl (C=O) groups is 1. The van der Waals surface area contributed by atoms with E-state index in [9.17, 15) is 10.1 Å². The summed E-state index contributed by atoms with van der Waals surface area (Å²) in [5, 5.41) is 19.2. The van der Waals surface area contributed by atoms with Crippen LogP contribution in [0.4, 0.5) is 17.3 Å². The van der Waals surface area contributed by atoms with Crippen molar-refractivity contribution in [2.24, 2.45) is 5.73 Å². The highest BCUT2D eigenvalue weighted by Crippen LogP contribution is 2.44. The highest BCUT2D eigenvalue weighted by molar-refractivity contribution is 6.07. The summed E-state index contributed by atoms with van der Waals surface area (Å²) < 4.78 is 0. The van der Waals surface area contributed by atoms with Crippen LogP contribution in [0, 0.1) is 22.7 Å². The molecule has 0 aromatic carbocycles. The van der Waals surface area contributed by atoms with Crippen LogP contribution in [0.1, 0.15) is 47.2 Å². The van der Waals surface area contributed by atoms with Crippen LogP contribution in [0.25, 0.3) is 11.0 Å². The molecule has 0 saturated carbocycles. The average Bonchev–Trinajstić information content (AvgIpc) is 3.51. The van der Waals surface area contributed by atoms with E-state index in [0.29, 0.717) is 33.8 Å². The van der Waals surface area contributed by atoms with Crippen molar-refractivity contribution in [1.29, 1.82) is 10.5 Å². The van der Waals surface area contributed by atoms with Crippen LogP contribution in [0.3, 0.4) is 0 Å². The molecule has 2 aliphatic rings. The van der Waals surface area contributed by atoms with Crippen molar-refractivity contribution in [3.05, 3.63) is 71.8 Å². The Labute approximate surface area is 213 Å². The third-order valence-corrected chi connectivity index (χ3v) is 7.40. The average molecular weight is 490 g/mol. The zero-order chi connectivity index (χ0) is 25.5. The van der Waals surface area contributed by atoms with Crippen molar-refractivity contribution in [3.63, 3.8) is 0 Å². The van der Waals surface area contributed by atoms with Gasteiger partial charge in [-0.15, -0.1) is 0 Å². The van der Waals surface area contributed by atoms with Crippen LogP contribution in [0.2, 0.25) is 0 Å². The summed E-state index contributed by atoms with van der Waals surface area (Å²) in [7, 11) is 0. The Morgan fingerprint density at radius 3 is 2.27 bits per heavy atom. The molecule has 0 aliphatic carbocycles.